The molecular weight excluding hydrogens is 426 g/mol. The van der Waals surface area contributed by atoms with Crippen LogP contribution in [-0.4, -0.2) is 35.3 Å². The van der Waals surface area contributed by atoms with Gasteiger partial charge in [0.2, 0.25) is 5.89 Å². The van der Waals surface area contributed by atoms with Crippen molar-refractivity contribution >= 4 is 23.6 Å². The van der Waals surface area contributed by atoms with Crippen molar-refractivity contribution in [2.24, 2.45) is 5.73 Å². The first kappa shape index (κ1) is 23.6. The summed E-state index contributed by atoms with van der Waals surface area (Å²) in [5.74, 6) is 0.369. The number of amides is 1. The van der Waals surface area contributed by atoms with Gasteiger partial charge < -0.3 is 20.2 Å². The molecule has 0 aliphatic heterocycles. The summed E-state index contributed by atoms with van der Waals surface area (Å²) >= 11 is 1.54. The molecule has 0 saturated carbocycles. The number of hydrogen-bond acceptors (Lipinski definition) is 7. The Morgan fingerprint density at radius 3 is 2.41 bits per heavy atom. The summed E-state index contributed by atoms with van der Waals surface area (Å²) in [5, 5.41) is 2.71. The Morgan fingerprint density at radius 2 is 1.75 bits per heavy atom. The van der Waals surface area contributed by atoms with Crippen LogP contribution in [0.5, 0.6) is 0 Å². The second-order valence-electron chi connectivity index (χ2n) is 7.15. The summed E-state index contributed by atoms with van der Waals surface area (Å²) in [5.41, 5.74) is 8.44. The lowest BCUT2D eigenvalue weighted by molar-refractivity contribution is -0.144. The first-order valence-corrected chi connectivity index (χ1v) is 11.6. The minimum absolute atomic E-state index is 0.0749. The lowest BCUT2D eigenvalue weighted by Gasteiger charge is -2.16. The summed E-state index contributed by atoms with van der Waals surface area (Å²) < 4.78 is 10.6. The maximum atomic E-state index is 12.7. The maximum Gasteiger partial charge on any atom is 0.329 e. The van der Waals surface area contributed by atoms with Gasteiger partial charge in [0.05, 0.1) is 12.6 Å². The smallest absolute Gasteiger partial charge is 0.329 e. The number of thioether (sulfide) groups is 1. The number of rotatable bonds is 11. The van der Waals surface area contributed by atoms with Crippen LogP contribution < -0.4 is 11.1 Å². The predicted octanol–water partition coefficient (Wildman–Crippen LogP) is 3.51. The molecule has 7 nitrogen and oxygen atoms in total. The largest absolute Gasteiger partial charge is 0.464 e. The van der Waals surface area contributed by atoms with E-state index in [0.717, 1.165) is 16.9 Å². The molecule has 0 radical (unpaired) electrons. The lowest BCUT2D eigenvalue weighted by Crippen LogP contribution is -2.43. The fraction of sp³-hybridized carbons (Fsp3) is 0.292. The molecule has 2 atom stereocenters. The van der Waals surface area contributed by atoms with E-state index in [2.05, 4.69) is 10.3 Å². The number of benzene rings is 2. The van der Waals surface area contributed by atoms with Gasteiger partial charge in [-0.25, -0.2) is 9.78 Å². The van der Waals surface area contributed by atoms with Crippen LogP contribution in [0.15, 0.2) is 71.3 Å². The molecule has 3 N–H and O–H groups in total. The highest BCUT2D eigenvalue weighted by atomic mass is 32.2. The molecule has 32 heavy (non-hydrogen) atoms. The van der Waals surface area contributed by atoms with E-state index in [9.17, 15) is 9.59 Å². The Morgan fingerprint density at radius 1 is 1.09 bits per heavy atom. The fourth-order valence-corrected chi connectivity index (χ4v) is 4.03. The molecule has 0 aliphatic carbocycles. The molecule has 2 aromatic carbocycles. The lowest BCUT2D eigenvalue weighted by atomic mass is 10.1. The summed E-state index contributed by atoms with van der Waals surface area (Å²) in [6.45, 7) is 1.96. The minimum atomic E-state index is -0.797. The molecule has 0 spiro atoms. The second kappa shape index (κ2) is 12.1. The average molecular weight is 454 g/mol. The van der Waals surface area contributed by atoms with Crippen LogP contribution in [0.2, 0.25) is 0 Å². The molecule has 1 aromatic heterocycles. The van der Waals surface area contributed by atoms with Crippen LogP contribution in [0.3, 0.4) is 0 Å². The van der Waals surface area contributed by atoms with Gasteiger partial charge in [-0.3, -0.25) is 4.79 Å². The molecule has 1 amide bonds. The van der Waals surface area contributed by atoms with Crippen molar-refractivity contribution in [1.29, 1.82) is 0 Å². The van der Waals surface area contributed by atoms with Crippen molar-refractivity contribution in [3.05, 3.63) is 89.6 Å². The minimum Gasteiger partial charge on any atom is -0.464 e. The van der Waals surface area contributed by atoms with Crippen LogP contribution in [0.25, 0.3) is 0 Å². The molecule has 0 aliphatic rings. The number of nitrogens with zero attached hydrogens (tertiary/aromatic N) is 1. The third-order valence-corrected chi connectivity index (χ3v) is 5.75. The van der Waals surface area contributed by atoms with Crippen molar-refractivity contribution in [3.63, 3.8) is 0 Å². The van der Waals surface area contributed by atoms with Gasteiger partial charge in [0.25, 0.3) is 5.91 Å². The van der Waals surface area contributed by atoms with Gasteiger partial charge in [-0.05, 0) is 24.5 Å². The van der Waals surface area contributed by atoms with E-state index in [1.54, 1.807) is 6.92 Å². The van der Waals surface area contributed by atoms with Gasteiger partial charge in [-0.1, -0.05) is 60.7 Å². The van der Waals surface area contributed by atoms with Gasteiger partial charge in [0.1, 0.15) is 12.3 Å². The van der Waals surface area contributed by atoms with E-state index >= 15 is 0 Å². The zero-order valence-electron chi connectivity index (χ0n) is 17.9. The summed E-state index contributed by atoms with van der Waals surface area (Å²) in [6, 6.07) is 18.4. The number of ether oxygens (including phenoxy) is 1. The van der Waals surface area contributed by atoms with Crippen LogP contribution in [-0.2, 0) is 21.7 Å². The van der Waals surface area contributed by atoms with E-state index in [4.69, 9.17) is 14.9 Å². The van der Waals surface area contributed by atoms with Crippen LogP contribution in [0.1, 0.15) is 40.5 Å². The Hall–Kier alpha value is -3.10. The third kappa shape index (κ3) is 6.96. The first-order valence-electron chi connectivity index (χ1n) is 10.4. The Bertz CT molecular complexity index is 995. The van der Waals surface area contributed by atoms with E-state index in [1.165, 1.54) is 18.0 Å². The monoisotopic (exact) mass is 453 g/mol. The molecule has 1 heterocycles. The molecule has 0 bridgehead atoms. The third-order valence-electron chi connectivity index (χ3n) is 4.64. The molecule has 2 unspecified atom stereocenters. The number of esters is 1. The number of nitrogens with two attached hydrogens (primary N) is 1. The van der Waals surface area contributed by atoms with Crippen LogP contribution >= 0.6 is 11.8 Å². The molecule has 3 aromatic rings. The zero-order valence-corrected chi connectivity index (χ0v) is 18.7. The second-order valence-corrected chi connectivity index (χ2v) is 8.18. The number of hydrogen-bond donors (Lipinski definition) is 2. The van der Waals surface area contributed by atoms with E-state index in [-0.39, 0.29) is 18.2 Å². The van der Waals surface area contributed by atoms with Crippen molar-refractivity contribution in [2.45, 2.75) is 31.2 Å². The molecule has 0 saturated heterocycles. The fourth-order valence-electron chi connectivity index (χ4n) is 3.03. The number of carbonyl (C=O) groups is 2. The zero-order chi connectivity index (χ0) is 22.8. The normalized spacial score (nSPS) is 12.7. The Kier molecular flexibility index (Phi) is 8.89. The predicted molar refractivity (Wildman–Crippen MR) is 124 cm³/mol. The summed E-state index contributed by atoms with van der Waals surface area (Å²) in [7, 11) is 0. The number of oxazole rings is 1. The maximum absolute atomic E-state index is 12.7. The Labute approximate surface area is 191 Å². The standard InChI is InChI=1S/C24H27N3O4S/c1-2-30-24(29)21(16-32-15-18-11-7-4-8-12-18)26-22(28)20-14-31-23(27-20)19(25)13-17-9-5-3-6-10-17/h3-12,14,19,21H,2,13,15-16,25H2,1H3,(H,26,28). The van der Waals surface area contributed by atoms with Gasteiger partial charge in [0.15, 0.2) is 5.69 Å². The summed E-state index contributed by atoms with van der Waals surface area (Å²) in [4.78, 5) is 29.3. The van der Waals surface area contributed by atoms with Gasteiger partial charge in [-0.15, -0.1) is 0 Å². The highest BCUT2D eigenvalue weighted by molar-refractivity contribution is 7.98. The van der Waals surface area contributed by atoms with Gasteiger partial charge in [-0.2, -0.15) is 11.8 Å². The van der Waals surface area contributed by atoms with Crippen LogP contribution in [0.4, 0.5) is 0 Å². The highest BCUT2D eigenvalue weighted by Gasteiger charge is 2.25. The SMILES string of the molecule is CCOC(=O)C(CSCc1ccccc1)NC(=O)c1coc(C(N)Cc2ccccc2)n1. The number of nitrogens with one attached hydrogen (secondary N) is 1. The van der Waals surface area contributed by atoms with Crippen molar-refractivity contribution in [1.82, 2.24) is 10.3 Å². The van der Waals surface area contributed by atoms with Crippen LogP contribution in [0, 0.1) is 0 Å². The van der Waals surface area contributed by atoms with Crippen molar-refractivity contribution in [3.8, 4) is 0 Å². The summed E-state index contributed by atoms with van der Waals surface area (Å²) in [6.07, 6.45) is 1.79. The number of aromatic nitrogens is 1. The molecule has 3 rings (SSSR count). The topological polar surface area (TPSA) is 107 Å². The van der Waals surface area contributed by atoms with E-state index < -0.39 is 24.0 Å². The van der Waals surface area contributed by atoms with Crippen molar-refractivity contribution in [2.75, 3.05) is 12.4 Å². The quantitative estimate of drug-likeness (QED) is 0.428. The van der Waals surface area contributed by atoms with E-state index in [1.807, 2.05) is 60.7 Å². The Balaban J connectivity index is 1.59. The van der Waals surface area contributed by atoms with Crippen molar-refractivity contribution < 1.29 is 18.7 Å². The molecule has 168 valence electrons. The highest BCUT2D eigenvalue weighted by Crippen LogP contribution is 2.17. The first-order chi connectivity index (χ1) is 15.6. The van der Waals surface area contributed by atoms with Gasteiger partial charge >= 0.3 is 5.97 Å². The molecule has 8 heteroatoms. The molecule has 0 fully saturated rings. The van der Waals surface area contributed by atoms with Gasteiger partial charge in [0, 0.05) is 11.5 Å². The average Bonchev–Trinajstić information content (AvgIpc) is 3.31. The number of carbonyl (C=O) groups excluding carboxylic acids is 2. The molecular formula is C24H27N3O4S. The van der Waals surface area contributed by atoms with E-state index in [0.29, 0.717) is 12.2 Å².